The predicted octanol–water partition coefficient (Wildman–Crippen LogP) is 5.25. The molecule has 2 aromatic rings. The third kappa shape index (κ3) is 4.43. The van der Waals surface area contributed by atoms with Crippen LogP contribution in [0.1, 0.15) is 12.5 Å². The van der Waals surface area contributed by atoms with Crippen molar-refractivity contribution in [3.8, 4) is 0 Å². The summed E-state index contributed by atoms with van der Waals surface area (Å²) in [5.41, 5.74) is 1.25. The first-order valence-electron chi connectivity index (χ1n) is 6.11. The van der Waals surface area contributed by atoms with Crippen molar-refractivity contribution >= 4 is 35.0 Å². The van der Waals surface area contributed by atoms with E-state index < -0.39 is 0 Å². The monoisotopic (exact) mass is 311 g/mol. The molecule has 0 aliphatic carbocycles. The van der Waals surface area contributed by atoms with Gasteiger partial charge in [-0.05, 0) is 42.4 Å². The number of halogens is 2. The van der Waals surface area contributed by atoms with Crippen molar-refractivity contribution in [3.05, 3.63) is 58.1 Å². The molecule has 4 heteroatoms. The Kier molecular flexibility index (Phi) is 5.59. The molecule has 0 heterocycles. The molecule has 0 aliphatic heterocycles. The lowest BCUT2D eigenvalue weighted by Crippen LogP contribution is -2.12. The topological polar surface area (TPSA) is 12.0 Å². The Hall–Kier alpha value is -0.670. The lowest BCUT2D eigenvalue weighted by atomic mass is 10.2. The van der Waals surface area contributed by atoms with E-state index in [0.29, 0.717) is 0 Å². The van der Waals surface area contributed by atoms with Crippen molar-refractivity contribution in [1.29, 1.82) is 0 Å². The standard InChI is InChI=1S/C15H15Cl2NS/c1-2-18-10-11-6-7-13(17)9-15(11)19-14-5-3-4-12(16)8-14/h3-9,18H,2,10H2,1H3. The zero-order valence-corrected chi connectivity index (χ0v) is 12.9. The highest BCUT2D eigenvalue weighted by Crippen LogP contribution is 2.33. The van der Waals surface area contributed by atoms with E-state index >= 15 is 0 Å². The first-order chi connectivity index (χ1) is 9.19. The van der Waals surface area contributed by atoms with Gasteiger partial charge in [-0.15, -0.1) is 0 Å². The van der Waals surface area contributed by atoms with Crippen LogP contribution in [0.15, 0.2) is 52.3 Å². The molecule has 0 amide bonds. The van der Waals surface area contributed by atoms with E-state index in [1.807, 2.05) is 30.3 Å². The van der Waals surface area contributed by atoms with Crippen LogP contribution < -0.4 is 5.32 Å². The van der Waals surface area contributed by atoms with E-state index in [4.69, 9.17) is 23.2 Å². The summed E-state index contributed by atoms with van der Waals surface area (Å²) < 4.78 is 0. The van der Waals surface area contributed by atoms with Crippen molar-refractivity contribution < 1.29 is 0 Å². The Morgan fingerprint density at radius 1 is 1.05 bits per heavy atom. The van der Waals surface area contributed by atoms with Gasteiger partial charge in [0.05, 0.1) is 0 Å². The molecule has 1 N–H and O–H groups in total. The van der Waals surface area contributed by atoms with Gasteiger partial charge >= 0.3 is 0 Å². The molecule has 100 valence electrons. The zero-order valence-electron chi connectivity index (χ0n) is 10.6. The Morgan fingerprint density at radius 3 is 2.58 bits per heavy atom. The summed E-state index contributed by atoms with van der Waals surface area (Å²) in [6, 6.07) is 13.8. The molecule has 0 unspecified atom stereocenters. The summed E-state index contributed by atoms with van der Waals surface area (Å²) in [6.45, 7) is 3.89. The minimum atomic E-state index is 0.750. The highest BCUT2D eigenvalue weighted by atomic mass is 35.5. The molecule has 0 radical (unpaired) electrons. The maximum Gasteiger partial charge on any atom is 0.0417 e. The van der Waals surface area contributed by atoms with E-state index in [1.54, 1.807) is 11.8 Å². The molecule has 2 aromatic carbocycles. The Bertz CT molecular complexity index is 558. The van der Waals surface area contributed by atoms with Gasteiger partial charge in [-0.25, -0.2) is 0 Å². The number of benzene rings is 2. The minimum Gasteiger partial charge on any atom is -0.313 e. The molecule has 19 heavy (non-hydrogen) atoms. The fraction of sp³-hybridized carbons (Fsp3) is 0.200. The van der Waals surface area contributed by atoms with Gasteiger partial charge in [0.2, 0.25) is 0 Å². The molecule has 0 aromatic heterocycles. The van der Waals surface area contributed by atoms with Gasteiger partial charge < -0.3 is 5.32 Å². The molecule has 0 fully saturated rings. The van der Waals surface area contributed by atoms with Crippen LogP contribution >= 0.6 is 35.0 Å². The van der Waals surface area contributed by atoms with Crippen molar-refractivity contribution in [3.63, 3.8) is 0 Å². The molecule has 0 saturated heterocycles. The van der Waals surface area contributed by atoms with Crippen LogP contribution in [0.25, 0.3) is 0 Å². The maximum atomic E-state index is 6.09. The summed E-state index contributed by atoms with van der Waals surface area (Å²) in [5.74, 6) is 0. The average Bonchev–Trinajstić information content (AvgIpc) is 2.38. The van der Waals surface area contributed by atoms with Gasteiger partial charge in [0.15, 0.2) is 0 Å². The molecular formula is C15H15Cl2NS. The van der Waals surface area contributed by atoms with E-state index in [0.717, 1.165) is 32.9 Å². The largest absolute Gasteiger partial charge is 0.313 e. The average molecular weight is 312 g/mol. The molecule has 0 aliphatic rings. The summed E-state index contributed by atoms with van der Waals surface area (Å²) in [6.07, 6.45) is 0. The second kappa shape index (κ2) is 7.20. The fourth-order valence-electron chi connectivity index (χ4n) is 1.69. The van der Waals surface area contributed by atoms with Gasteiger partial charge in [-0.1, -0.05) is 54.0 Å². The van der Waals surface area contributed by atoms with Crippen LogP contribution in [0.4, 0.5) is 0 Å². The maximum absolute atomic E-state index is 6.09. The van der Waals surface area contributed by atoms with Crippen LogP contribution in [-0.4, -0.2) is 6.54 Å². The third-order valence-corrected chi connectivity index (χ3v) is 4.18. The quantitative estimate of drug-likeness (QED) is 0.809. The predicted molar refractivity (Wildman–Crippen MR) is 84.4 cm³/mol. The third-order valence-electron chi connectivity index (χ3n) is 2.62. The van der Waals surface area contributed by atoms with Gasteiger partial charge in [0.25, 0.3) is 0 Å². The van der Waals surface area contributed by atoms with Crippen LogP contribution in [0.2, 0.25) is 10.0 Å². The van der Waals surface area contributed by atoms with E-state index in [2.05, 4.69) is 24.4 Å². The second-order valence-electron chi connectivity index (χ2n) is 4.09. The summed E-state index contributed by atoms with van der Waals surface area (Å²) in [4.78, 5) is 2.28. The van der Waals surface area contributed by atoms with Gasteiger partial charge in [-0.3, -0.25) is 0 Å². The number of rotatable bonds is 5. The minimum absolute atomic E-state index is 0.750. The molecule has 2 rings (SSSR count). The highest BCUT2D eigenvalue weighted by molar-refractivity contribution is 7.99. The molecule has 0 bridgehead atoms. The highest BCUT2D eigenvalue weighted by Gasteiger charge is 2.06. The lowest BCUT2D eigenvalue weighted by molar-refractivity contribution is 0.718. The molecule has 0 saturated carbocycles. The zero-order chi connectivity index (χ0) is 13.7. The Labute approximate surface area is 128 Å². The van der Waals surface area contributed by atoms with Gasteiger partial charge in [-0.2, -0.15) is 0 Å². The number of hydrogen-bond donors (Lipinski definition) is 1. The Morgan fingerprint density at radius 2 is 1.84 bits per heavy atom. The van der Waals surface area contributed by atoms with Crippen LogP contribution in [-0.2, 0) is 6.54 Å². The van der Waals surface area contributed by atoms with Crippen LogP contribution in [0.3, 0.4) is 0 Å². The van der Waals surface area contributed by atoms with E-state index in [-0.39, 0.29) is 0 Å². The smallest absolute Gasteiger partial charge is 0.0417 e. The van der Waals surface area contributed by atoms with Gasteiger partial charge in [0.1, 0.15) is 0 Å². The summed E-state index contributed by atoms with van der Waals surface area (Å²) >= 11 is 13.8. The number of hydrogen-bond acceptors (Lipinski definition) is 2. The van der Waals surface area contributed by atoms with E-state index in [9.17, 15) is 0 Å². The van der Waals surface area contributed by atoms with E-state index in [1.165, 1.54) is 5.56 Å². The molecule has 0 spiro atoms. The summed E-state index contributed by atoms with van der Waals surface area (Å²) in [5, 5.41) is 4.84. The fourth-order valence-corrected chi connectivity index (χ4v) is 3.22. The Balaban J connectivity index is 2.24. The summed E-state index contributed by atoms with van der Waals surface area (Å²) in [7, 11) is 0. The van der Waals surface area contributed by atoms with Crippen LogP contribution in [0.5, 0.6) is 0 Å². The van der Waals surface area contributed by atoms with Crippen LogP contribution in [0, 0.1) is 0 Å². The molecule has 0 atom stereocenters. The van der Waals surface area contributed by atoms with Crippen molar-refractivity contribution in [2.75, 3.05) is 6.54 Å². The molecular weight excluding hydrogens is 297 g/mol. The van der Waals surface area contributed by atoms with Crippen molar-refractivity contribution in [2.24, 2.45) is 0 Å². The lowest BCUT2D eigenvalue weighted by Gasteiger charge is -2.10. The molecule has 1 nitrogen and oxygen atoms in total. The first-order valence-corrected chi connectivity index (χ1v) is 7.69. The first kappa shape index (κ1) is 14.7. The normalized spacial score (nSPS) is 10.7. The van der Waals surface area contributed by atoms with Crippen molar-refractivity contribution in [1.82, 2.24) is 5.32 Å². The van der Waals surface area contributed by atoms with Crippen molar-refractivity contribution in [2.45, 2.75) is 23.3 Å². The van der Waals surface area contributed by atoms with Gasteiger partial charge in [0, 0.05) is 26.4 Å². The SMILES string of the molecule is CCNCc1ccc(Cl)cc1Sc1cccc(Cl)c1. The number of nitrogens with one attached hydrogen (secondary N) is 1. The second-order valence-corrected chi connectivity index (χ2v) is 6.08.